The maximum absolute atomic E-state index is 12.5. The van der Waals surface area contributed by atoms with Gasteiger partial charge in [0.05, 0.1) is 33.8 Å². The zero-order valence-corrected chi connectivity index (χ0v) is 17.6. The van der Waals surface area contributed by atoms with E-state index >= 15 is 0 Å². The summed E-state index contributed by atoms with van der Waals surface area (Å²) in [5.41, 5.74) is 1.21. The molecule has 0 aromatic heterocycles. The number of ether oxygens (including phenoxy) is 3. The van der Waals surface area contributed by atoms with Crippen LogP contribution in [0.4, 0.5) is 11.4 Å². The van der Waals surface area contributed by atoms with Crippen molar-refractivity contribution < 1.29 is 28.6 Å². The minimum Gasteiger partial charge on any atom is -0.497 e. The Balaban J connectivity index is 1.52. The third-order valence-electron chi connectivity index (χ3n) is 4.97. The van der Waals surface area contributed by atoms with E-state index in [0.29, 0.717) is 28.6 Å². The molecule has 0 aliphatic carbocycles. The maximum Gasteiger partial charge on any atom is 0.243 e. The molecule has 1 aliphatic heterocycles. The summed E-state index contributed by atoms with van der Waals surface area (Å²) in [6.07, 6.45) is 0.0924. The molecule has 1 saturated heterocycles. The van der Waals surface area contributed by atoms with Crippen LogP contribution in [0.5, 0.6) is 17.2 Å². The SMILES string of the molecule is COc1ccc(N2C[C@@H](C(=O)NCC(=O)Nc3ccc(OC)c(OC)c3)CC2=O)cc1. The van der Waals surface area contributed by atoms with E-state index in [0.717, 1.165) is 0 Å². The molecule has 3 amide bonds. The van der Waals surface area contributed by atoms with Gasteiger partial charge in [-0.25, -0.2) is 0 Å². The second-order valence-corrected chi connectivity index (χ2v) is 6.94. The second-order valence-electron chi connectivity index (χ2n) is 6.94. The van der Waals surface area contributed by atoms with Gasteiger partial charge in [0.2, 0.25) is 17.7 Å². The van der Waals surface area contributed by atoms with Crippen LogP contribution in [0.3, 0.4) is 0 Å². The summed E-state index contributed by atoms with van der Waals surface area (Å²) in [4.78, 5) is 38.6. The lowest BCUT2D eigenvalue weighted by Gasteiger charge is -2.17. The summed E-state index contributed by atoms with van der Waals surface area (Å²) >= 11 is 0. The fourth-order valence-electron chi connectivity index (χ4n) is 3.33. The van der Waals surface area contributed by atoms with Crippen molar-refractivity contribution in [1.29, 1.82) is 0 Å². The number of carbonyl (C=O) groups excluding carboxylic acids is 3. The van der Waals surface area contributed by atoms with Crippen LogP contribution in [-0.4, -0.2) is 52.1 Å². The van der Waals surface area contributed by atoms with E-state index in [2.05, 4.69) is 10.6 Å². The molecule has 0 spiro atoms. The molecular weight excluding hydrogens is 402 g/mol. The summed E-state index contributed by atoms with van der Waals surface area (Å²) in [6.45, 7) is 0.0503. The van der Waals surface area contributed by atoms with Gasteiger partial charge in [0.25, 0.3) is 0 Å². The molecule has 3 rings (SSSR count). The van der Waals surface area contributed by atoms with Gasteiger partial charge in [0.15, 0.2) is 11.5 Å². The van der Waals surface area contributed by atoms with Gasteiger partial charge in [-0.05, 0) is 36.4 Å². The van der Waals surface area contributed by atoms with Gasteiger partial charge in [-0.15, -0.1) is 0 Å². The van der Waals surface area contributed by atoms with E-state index in [9.17, 15) is 14.4 Å². The summed E-state index contributed by atoms with van der Waals surface area (Å²) < 4.78 is 15.5. The van der Waals surface area contributed by atoms with Crippen molar-refractivity contribution >= 4 is 29.1 Å². The number of carbonyl (C=O) groups is 3. The Morgan fingerprint density at radius 3 is 2.35 bits per heavy atom. The molecule has 2 aromatic rings. The van der Waals surface area contributed by atoms with E-state index in [-0.39, 0.29) is 31.3 Å². The smallest absolute Gasteiger partial charge is 0.243 e. The number of anilines is 2. The lowest BCUT2D eigenvalue weighted by molar-refractivity contribution is -0.127. The summed E-state index contributed by atoms with van der Waals surface area (Å²) in [5, 5.41) is 5.29. The minimum atomic E-state index is -0.525. The highest BCUT2D eigenvalue weighted by Crippen LogP contribution is 2.30. The number of benzene rings is 2. The van der Waals surface area contributed by atoms with Crippen molar-refractivity contribution in [3.05, 3.63) is 42.5 Å². The highest BCUT2D eigenvalue weighted by atomic mass is 16.5. The van der Waals surface area contributed by atoms with E-state index in [1.807, 2.05) is 0 Å². The lowest BCUT2D eigenvalue weighted by Crippen LogP contribution is -2.37. The van der Waals surface area contributed by atoms with Gasteiger partial charge >= 0.3 is 0 Å². The van der Waals surface area contributed by atoms with Crippen LogP contribution in [0.15, 0.2) is 42.5 Å². The number of amides is 3. The summed E-state index contributed by atoms with van der Waals surface area (Å²) in [5.74, 6) is 0.311. The monoisotopic (exact) mass is 427 g/mol. The third kappa shape index (κ3) is 5.25. The van der Waals surface area contributed by atoms with Gasteiger partial charge in [0, 0.05) is 30.4 Å². The Bertz CT molecular complexity index is 960. The van der Waals surface area contributed by atoms with Gasteiger partial charge in [0.1, 0.15) is 5.75 Å². The first-order valence-electron chi connectivity index (χ1n) is 9.69. The molecule has 0 radical (unpaired) electrons. The van der Waals surface area contributed by atoms with Crippen LogP contribution in [0, 0.1) is 5.92 Å². The molecule has 1 atom stereocenters. The molecule has 0 saturated carbocycles. The standard InChI is InChI=1S/C22H25N3O6/c1-29-17-7-5-16(6-8-17)25-13-14(10-21(25)27)22(28)23-12-20(26)24-15-4-9-18(30-2)19(11-15)31-3/h4-9,11,14H,10,12-13H2,1-3H3,(H,23,28)(H,24,26)/t14-/m0/s1. The van der Waals surface area contributed by atoms with Crippen LogP contribution in [0.2, 0.25) is 0 Å². The molecule has 1 heterocycles. The van der Waals surface area contributed by atoms with E-state index < -0.39 is 11.8 Å². The van der Waals surface area contributed by atoms with Crippen LogP contribution < -0.4 is 29.7 Å². The topological polar surface area (TPSA) is 106 Å². The highest BCUT2D eigenvalue weighted by Gasteiger charge is 2.35. The molecule has 0 unspecified atom stereocenters. The molecule has 9 nitrogen and oxygen atoms in total. The molecular formula is C22H25N3O6. The number of hydrogen-bond acceptors (Lipinski definition) is 6. The first-order chi connectivity index (χ1) is 14.9. The fraction of sp³-hybridized carbons (Fsp3) is 0.318. The van der Waals surface area contributed by atoms with E-state index in [4.69, 9.17) is 14.2 Å². The first kappa shape index (κ1) is 21.9. The van der Waals surface area contributed by atoms with Crippen molar-refractivity contribution in [3.63, 3.8) is 0 Å². The Kier molecular flexibility index (Phi) is 6.96. The molecule has 1 aliphatic rings. The predicted molar refractivity (Wildman–Crippen MR) is 115 cm³/mol. The van der Waals surface area contributed by atoms with Crippen molar-refractivity contribution in [2.45, 2.75) is 6.42 Å². The molecule has 9 heteroatoms. The largest absolute Gasteiger partial charge is 0.497 e. The lowest BCUT2D eigenvalue weighted by atomic mass is 10.1. The fourth-order valence-corrected chi connectivity index (χ4v) is 3.33. The minimum absolute atomic E-state index is 0.0924. The van der Waals surface area contributed by atoms with Crippen LogP contribution in [-0.2, 0) is 14.4 Å². The summed E-state index contributed by atoms with van der Waals surface area (Å²) in [7, 11) is 4.59. The third-order valence-corrected chi connectivity index (χ3v) is 4.97. The molecule has 0 bridgehead atoms. The maximum atomic E-state index is 12.5. The number of nitrogens with zero attached hydrogens (tertiary/aromatic N) is 1. The van der Waals surface area contributed by atoms with Gasteiger partial charge in [-0.1, -0.05) is 0 Å². The molecule has 1 fully saturated rings. The predicted octanol–water partition coefficient (Wildman–Crippen LogP) is 1.82. The first-order valence-corrected chi connectivity index (χ1v) is 9.69. The Morgan fingerprint density at radius 2 is 1.71 bits per heavy atom. The van der Waals surface area contributed by atoms with Gasteiger partial charge in [-0.2, -0.15) is 0 Å². The molecule has 2 N–H and O–H groups in total. The van der Waals surface area contributed by atoms with Crippen molar-refractivity contribution in [2.75, 3.05) is 44.6 Å². The van der Waals surface area contributed by atoms with Crippen LogP contribution in [0.25, 0.3) is 0 Å². The van der Waals surface area contributed by atoms with Crippen LogP contribution >= 0.6 is 0 Å². The quantitative estimate of drug-likeness (QED) is 0.666. The molecule has 164 valence electrons. The number of methoxy groups -OCH3 is 3. The highest BCUT2D eigenvalue weighted by molar-refractivity contribution is 6.01. The zero-order chi connectivity index (χ0) is 22.4. The van der Waals surface area contributed by atoms with Crippen molar-refractivity contribution in [1.82, 2.24) is 5.32 Å². The molecule has 2 aromatic carbocycles. The number of nitrogens with one attached hydrogen (secondary N) is 2. The Morgan fingerprint density at radius 1 is 1.00 bits per heavy atom. The van der Waals surface area contributed by atoms with Gasteiger partial charge < -0.3 is 29.7 Å². The summed E-state index contributed by atoms with van der Waals surface area (Å²) in [6, 6.07) is 12.0. The van der Waals surface area contributed by atoms with Gasteiger partial charge in [-0.3, -0.25) is 14.4 Å². The van der Waals surface area contributed by atoms with Crippen molar-refractivity contribution in [3.8, 4) is 17.2 Å². The average molecular weight is 427 g/mol. The Labute approximate surface area is 180 Å². The van der Waals surface area contributed by atoms with Crippen LogP contribution in [0.1, 0.15) is 6.42 Å². The Hall–Kier alpha value is -3.75. The van der Waals surface area contributed by atoms with E-state index in [1.54, 1.807) is 54.5 Å². The number of rotatable bonds is 8. The average Bonchev–Trinajstić information content (AvgIpc) is 3.19. The van der Waals surface area contributed by atoms with Crippen molar-refractivity contribution in [2.24, 2.45) is 5.92 Å². The normalized spacial score (nSPS) is 15.4. The number of hydrogen-bond donors (Lipinski definition) is 2. The molecule has 31 heavy (non-hydrogen) atoms. The van der Waals surface area contributed by atoms with E-state index in [1.165, 1.54) is 14.2 Å². The zero-order valence-electron chi connectivity index (χ0n) is 17.6. The second kappa shape index (κ2) is 9.84.